The molecule has 8 nitrogen and oxygen atoms in total. The summed E-state index contributed by atoms with van der Waals surface area (Å²) in [5.74, 6) is 0.846. The Kier molecular flexibility index (Phi) is 5.39. The van der Waals surface area contributed by atoms with Crippen molar-refractivity contribution in [3.8, 4) is 17.0 Å². The molecular formula is C22H27N7O. The van der Waals surface area contributed by atoms with Gasteiger partial charge in [0.05, 0.1) is 35.6 Å². The Morgan fingerprint density at radius 2 is 1.93 bits per heavy atom. The number of rotatable bonds is 7. The second-order valence-corrected chi connectivity index (χ2v) is 7.53. The van der Waals surface area contributed by atoms with Crippen LogP contribution in [0.15, 0.2) is 36.8 Å². The van der Waals surface area contributed by atoms with Crippen LogP contribution in [-0.2, 0) is 20.6 Å². The van der Waals surface area contributed by atoms with Crippen LogP contribution in [0.5, 0.6) is 5.88 Å². The van der Waals surface area contributed by atoms with Gasteiger partial charge in [-0.1, -0.05) is 13.8 Å². The molecule has 4 aromatic rings. The van der Waals surface area contributed by atoms with Crippen LogP contribution in [0.2, 0.25) is 0 Å². The number of pyridine rings is 2. The molecular weight excluding hydrogens is 378 g/mol. The minimum absolute atomic E-state index is 0.251. The molecule has 0 amide bonds. The fourth-order valence-corrected chi connectivity index (χ4v) is 3.62. The molecule has 0 aliphatic rings. The summed E-state index contributed by atoms with van der Waals surface area (Å²) in [6.45, 7) is 7.38. The van der Waals surface area contributed by atoms with Crippen molar-refractivity contribution in [1.82, 2.24) is 29.5 Å². The molecule has 1 N–H and O–H groups in total. The second kappa shape index (κ2) is 8.14. The molecule has 8 heteroatoms. The SMILES string of the molecule is CCOc1ncccc1-c1cnc2c(c(C(C)C)nn2C)c1NCc1ccn(C)n1. The van der Waals surface area contributed by atoms with E-state index in [1.807, 2.05) is 56.3 Å². The highest BCUT2D eigenvalue weighted by Crippen LogP contribution is 2.40. The third-order valence-electron chi connectivity index (χ3n) is 4.98. The maximum Gasteiger partial charge on any atom is 0.221 e. The summed E-state index contributed by atoms with van der Waals surface area (Å²) in [5.41, 5.74) is 5.61. The monoisotopic (exact) mass is 405 g/mol. The molecule has 0 aliphatic carbocycles. The average molecular weight is 406 g/mol. The highest BCUT2D eigenvalue weighted by Gasteiger charge is 2.22. The summed E-state index contributed by atoms with van der Waals surface area (Å²) in [6.07, 6.45) is 5.55. The maximum atomic E-state index is 5.80. The maximum absolute atomic E-state index is 5.80. The van der Waals surface area contributed by atoms with Crippen LogP contribution in [0.3, 0.4) is 0 Å². The van der Waals surface area contributed by atoms with Crippen LogP contribution >= 0.6 is 0 Å². The molecule has 4 heterocycles. The van der Waals surface area contributed by atoms with Crippen molar-refractivity contribution in [1.29, 1.82) is 0 Å². The average Bonchev–Trinajstić information content (AvgIpc) is 3.30. The van der Waals surface area contributed by atoms with E-state index in [2.05, 4.69) is 29.2 Å². The van der Waals surface area contributed by atoms with Gasteiger partial charge in [-0.25, -0.2) is 9.97 Å². The number of hydrogen-bond acceptors (Lipinski definition) is 6. The minimum atomic E-state index is 0.251. The Bertz CT molecular complexity index is 1180. The highest BCUT2D eigenvalue weighted by molar-refractivity contribution is 6.00. The quantitative estimate of drug-likeness (QED) is 0.502. The molecule has 0 saturated heterocycles. The van der Waals surface area contributed by atoms with Gasteiger partial charge in [-0.2, -0.15) is 10.2 Å². The molecule has 0 bridgehead atoms. The molecule has 4 aromatic heterocycles. The van der Waals surface area contributed by atoms with Crippen molar-refractivity contribution in [2.75, 3.05) is 11.9 Å². The number of ether oxygens (including phenoxy) is 1. The van der Waals surface area contributed by atoms with Gasteiger partial charge in [-0.05, 0) is 31.0 Å². The lowest BCUT2D eigenvalue weighted by Gasteiger charge is -2.16. The van der Waals surface area contributed by atoms with Crippen LogP contribution in [0, 0.1) is 0 Å². The summed E-state index contributed by atoms with van der Waals surface area (Å²) in [5, 5.41) is 13.9. The van der Waals surface area contributed by atoms with E-state index in [1.54, 1.807) is 10.9 Å². The fraction of sp³-hybridized carbons (Fsp3) is 0.364. The summed E-state index contributed by atoms with van der Waals surface area (Å²) in [7, 11) is 3.85. The summed E-state index contributed by atoms with van der Waals surface area (Å²) in [6, 6.07) is 5.93. The standard InChI is InChI=1S/C22H27N7O/c1-6-30-22-16(8-7-10-23-22)17-13-25-21-18(19(14(2)3)27-29(21)5)20(17)24-12-15-9-11-28(4)26-15/h7-11,13-14H,6,12H2,1-5H3,(H,24,25). The van der Waals surface area contributed by atoms with Crippen molar-refractivity contribution < 1.29 is 4.74 Å². The molecule has 156 valence electrons. The van der Waals surface area contributed by atoms with Crippen molar-refractivity contribution >= 4 is 16.7 Å². The zero-order valence-electron chi connectivity index (χ0n) is 18.0. The van der Waals surface area contributed by atoms with Gasteiger partial charge in [0.1, 0.15) is 0 Å². The first kappa shape index (κ1) is 19.9. The molecule has 0 unspecified atom stereocenters. The van der Waals surface area contributed by atoms with E-state index in [4.69, 9.17) is 14.8 Å². The number of nitrogens with zero attached hydrogens (tertiary/aromatic N) is 6. The zero-order chi connectivity index (χ0) is 21.3. The lowest BCUT2D eigenvalue weighted by molar-refractivity contribution is 0.328. The first-order valence-electron chi connectivity index (χ1n) is 10.2. The lowest BCUT2D eigenvalue weighted by atomic mass is 10.0. The fourth-order valence-electron chi connectivity index (χ4n) is 3.62. The number of hydrogen-bond donors (Lipinski definition) is 1. The Balaban J connectivity index is 1.92. The third kappa shape index (κ3) is 3.60. The molecule has 0 saturated carbocycles. The van der Waals surface area contributed by atoms with Crippen molar-refractivity contribution in [2.45, 2.75) is 33.2 Å². The molecule has 30 heavy (non-hydrogen) atoms. The summed E-state index contributed by atoms with van der Waals surface area (Å²) < 4.78 is 9.45. The van der Waals surface area contributed by atoms with Gasteiger partial charge in [-0.3, -0.25) is 9.36 Å². The van der Waals surface area contributed by atoms with Gasteiger partial charge < -0.3 is 10.1 Å². The Morgan fingerprint density at radius 3 is 2.63 bits per heavy atom. The molecule has 0 atom stereocenters. The Morgan fingerprint density at radius 1 is 1.10 bits per heavy atom. The molecule has 0 spiro atoms. The third-order valence-corrected chi connectivity index (χ3v) is 4.98. The Labute approximate surface area is 175 Å². The first-order valence-corrected chi connectivity index (χ1v) is 10.2. The highest BCUT2D eigenvalue weighted by atomic mass is 16.5. The van der Waals surface area contributed by atoms with E-state index >= 15 is 0 Å². The second-order valence-electron chi connectivity index (χ2n) is 7.53. The predicted octanol–water partition coefficient (Wildman–Crippen LogP) is 3.90. The first-order chi connectivity index (χ1) is 14.5. The van der Waals surface area contributed by atoms with Crippen LogP contribution in [-0.4, -0.2) is 36.1 Å². The predicted molar refractivity (Wildman–Crippen MR) is 118 cm³/mol. The van der Waals surface area contributed by atoms with Gasteiger partial charge in [0.2, 0.25) is 5.88 Å². The molecule has 4 rings (SSSR count). The van der Waals surface area contributed by atoms with Gasteiger partial charge in [0.15, 0.2) is 5.65 Å². The number of fused-ring (bicyclic) bond motifs is 1. The number of anilines is 1. The Hall–Kier alpha value is -3.42. The number of aryl methyl sites for hydroxylation is 2. The molecule has 0 radical (unpaired) electrons. The molecule has 0 aliphatic heterocycles. The van der Waals surface area contributed by atoms with Gasteiger partial charge >= 0.3 is 0 Å². The van der Waals surface area contributed by atoms with Crippen molar-refractivity contribution in [3.05, 3.63) is 48.2 Å². The van der Waals surface area contributed by atoms with Crippen LogP contribution < -0.4 is 10.1 Å². The van der Waals surface area contributed by atoms with Gasteiger partial charge in [-0.15, -0.1) is 0 Å². The van der Waals surface area contributed by atoms with E-state index in [0.717, 1.165) is 39.2 Å². The van der Waals surface area contributed by atoms with Gasteiger partial charge in [0.25, 0.3) is 0 Å². The van der Waals surface area contributed by atoms with Crippen molar-refractivity contribution in [2.24, 2.45) is 14.1 Å². The van der Waals surface area contributed by atoms with E-state index in [0.29, 0.717) is 19.0 Å². The number of aromatic nitrogens is 6. The topological polar surface area (TPSA) is 82.7 Å². The minimum Gasteiger partial charge on any atom is -0.478 e. The van der Waals surface area contributed by atoms with Crippen LogP contribution in [0.4, 0.5) is 5.69 Å². The van der Waals surface area contributed by atoms with E-state index in [-0.39, 0.29) is 5.92 Å². The van der Waals surface area contributed by atoms with Crippen molar-refractivity contribution in [3.63, 3.8) is 0 Å². The van der Waals surface area contributed by atoms with E-state index in [1.165, 1.54) is 0 Å². The summed E-state index contributed by atoms with van der Waals surface area (Å²) >= 11 is 0. The van der Waals surface area contributed by atoms with Gasteiger partial charge in [0, 0.05) is 43.8 Å². The largest absolute Gasteiger partial charge is 0.478 e. The van der Waals surface area contributed by atoms with E-state index < -0.39 is 0 Å². The number of nitrogens with one attached hydrogen (secondary N) is 1. The zero-order valence-corrected chi connectivity index (χ0v) is 18.0. The smallest absolute Gasteiger partial charge is 0.221 e. The van der Waals surface area contributed by atoms with E-state index in [9.17, 15) is 0 Å². The van der Waals surface area contributed by atoms with Crippen LogP contribution in [0.1, 0.15) is 38.1 Å². The molecule has 0 fully saturated rings. The van der Waals surface area contributed by atoms with Crippen LogP contribution in [0.25, 0.3) is 22.2 Å². The summed E-state index contributed by atoms with van der Waals surface area (Å²) in [4.78, 5) is 9.17. The molecule has 0 aromatic carbocycles. The lowest BCUT2D eigenvalue weighted by Crippen LogP contribution is -2.06. The normalized spacial score (nSPS) is 11.4.